The summed E-state index contributed by atoms with van der Waals surface area (Å²) in [7, 11) is 1.67. The Bertz CT molecular complexity index is 1370. The van der Waals surface area contributed by atoms with E-state index in [4.69, 9.17) is 4.74 Å². The van der Waals surface area contributed by atoms with Crippen LogP contribution in [0.4, 0.5) is 24.7 Å². The number of fused-ring (bicyclic) bond motifs is 3. The van der Waals surface area contributed by atoms with Crippen LogP contribution in [-0.4, -0.2) is 102 Å². The molecule has 1 amide bonds. The maximum Gasteiger partial charge on any atom is 0.434 e. The van der Waals surface area contributed by atoms with Crippen molar-refractivity contribution < 1.29 is 22.7 Å². The predicted octanol–water partition coefficient (Wildman–Crippen LogP) is 3.94. The predicted molar refractivity (Wildman–Crippen MR) is 159 cm³/mol. The Morgan fingerprint density at radius 3 is 2.56 bits per heavy atom. The minimum Gasteiger partial charge on any atom is -0.383 e. The maximum absolute atomic E-state index is 14.4. The molecule has 0 bridgehead atoms. The van der Waals surface area contributed by atoms with Gasteiger partial charge in [-0.2, -0.15) is 18.3 Å². The number of halogens is 3. The number of piperazine rings is 1. The third-order valence-electron chi connectivity index (χ3n) is 9.55. The number of aryl methyl sites for hydroxylation is 1. The molecule has 0 saturated carbocycles. The van der Waals surface area contributed by atoms with Crippen LogP contribution in [0.5, 0.6) is 0 Å². The quantitative estimate of drug-likeness (QED) is 0.447. The number of methoxy groups -OCH3 is 1. The zero-order chi connectivity index (χ0) is 30.3. The molecule has 6 heterocycles. The summed E-state index contributed by atoms with van der Waals surface area (Å²) in [6.45, 7) is 11.6. The molecular weight excluding hydrogens is 559 g/mol. The van der Waals surface area contributed by atoms with Gasteiger partial charge in [0, 0.05) is 88.2 Å². The molecule has 2 atom stereocenters. The third kappa shape index (κ3) is 5.66. The van der Waals surface area contributed by atoms with E-state index in [0.29, 0.717) is 63.8 Å². The van der Waals surface area contributed by atoms with E-state index in [1.165, 1.54) is 11.8 Å². The van der Waals surface area contributed by atoms with Crippen LogP contribution in [0.1, 0.15) is 47.7 Å². The van der Waals surface area contributed by atoms with E-state index in [2.05, 4.69) is 33.4 Å². The van der Waals surface area contributed by atoms with E-state index in [9.17, 15) is 18.0 Å². The first kappa shape index (κ1) is 29.7. The van der Waals surface area contributed by atoms with E-state index in [0.717, 1.165) is 31.5 Å². The van der Waals surface area contributed by atoms with Crippen molar-refractivity contribution >= 4 is 23.5 Å². The van der Waals surface area contributed by atoms with E-state index >= 15 is 0 Å². The molecule has 9 nitrogen and oxygen atoms in total. The molecule has 3 saturated heterocycles. The van der Waals surface area contributed by atoms with E-state index in [1.807, 2.05) is 27.9 Å². The summed E-state index contributed by atoms with van der Waals surface area (Å²) in [6, 6.07) is 2.18. The third-order valence-corrected chi connectivity index (χ3v) is 9.55. The van der Waals surface area contributed by atoms with Crippen molar-refractivity contribution in [3.8, 4) is 0 Å². The van der Waals surface area contributed by atoms with Crippen LogP contribution < -0.4 is 9.80 Å². The second kappa shape index (κ2) is 12.0. The Labute approximate surface area is 250 Å². The number of nitrogens with zero attached hydrogens (tertiary/aromatic N) is 7. The van der Waals surface area contributed by atoms with Gasteiger partial charge in [-0.25, -0.2) is 4.98 Å². The number of amides is 1. The lowest BCUT2D eigenvalue weighted by molar-refractivity contribution is -0.141. The van der Waals surface area contributed by atoms with E-state index < -0.39 is 11.9 Å². The summed E-state index contributed by atoms with van der Waals surface area (Å²) in [6.07, 6.45) is 4.43. The van der Waals surface area contributed by atoms with Crippen molar-refractivity contribution in [3.05, 3.63) is 53.5 Å². The normalized spacial score (nSPS) is 23.0. The van der Waals surface area contributed by atoms with Crippen LogP contribution in [-0.2, 0) is 22.3 Å². The number of piperidine rings is 1. The number of carbonyl (C=O) groups excluding carboxylic acids is 1. The van der Waals surface area contributed by atoms with Gasteiger partial charge in [0.05, 0.1) is 25.0 Å². The number of hydrogen-bond acceptors (Lipinski definition) is 7. The molecule has 0 radical (unpaired) electrons. The average molecular weight is 600 g/mol. The highest BCUT2D eigenvalue weighted by molar-refractivity contribution is 5.87. The van der Waals surface area contributed by atoms with Gasteiger partial charge in [-0.15, -0.1) is 0 Å². The SMILES string of the molecule is C=CC(=O)N1CCN([C@@H]2CN3c4cc(N5CCC(c6c(C)cnn6CCOC)CC5)nc(C(F)(F)F)c4C=CC[C@@H]23)CC1. The fourth-order valence-electron chi connectivity index (χ4n) is 7.24. The Balaban J connectivity index is 1.21. The van der Waals surface area contributed by atoms with Crippen molar-refractivity contribution in [1.29, 1.82) is 0 Å². The molecule has 4 aliphatic rings. The van der Waals surface area contributed by atoms with Crippen LogP contribution in [0.25, 0.3) is 6.08 Å². The van der Waals surface area contributed by atoms with Gasteiger partial charge < -0.3 is 19.4 Å². The number of pyridine rings is 1. The van der Waals surface area contributed by atoms with E-state index in [1.54, 1.807) is 18.1 Å². The first-order valence-electron chi connectivity index (χ1n) is 15.2. The van der Waals surface area contributed by atoms with Gasteiger partial charge in [0.2, 0.25) is 5.91 Å². The summed E-state index contributed by atoms with van der Waals surface area (Å²) >= 11 is 0. The monoisotopic (exact) mass is 599 g/mol. The van der Waals surface area contributed by atoms with Crippen LogP contribution in [0.2, 0.25) is 0 Å². The van der Waals surface area contributed by atoms with Crippen molar-refractivity contribution in [2.45, 2.75) is 56.9 Å². The lowest BCUT2D eigenvalue weighted by atomic mass is 9.90. The molecule has 6 rings (SSSR count). The summed E-state index contributed by atoms with van der Waals surface area (Å²) in [5.41, 5.74) is 2.29. The van der Waals surface area contributed by atoms with Crippen molar-refractivity contribution in [3.63, 3.8) is 0 Å². The molecule has 0 aliphatic carbocycles. The standard InChI is InChI=1S/C31H40F3N7O2/c1-4-28(42)39-14-12-37(13-15-39)26-20-40-24(26)7-5-6-23-25(40)18-27(36-30(23)31(32,33)34)38-10-8-22(9-11-38)29-21(2)19-35-41(29)16-17-43-3/h4-6,18-19,22,24,26H,1,7-17,20H2,2-3H3/t24-,26+/m0/s1. The molecule has 3 fully saturated rings. The Hall–Kier alpha value is -3.38. The molecule has 12 heteroatoms. The highest BCUT2D eigenvalue weighted by Crippen LogP contribution is 2.44. The minimum absolute atomic E-state index is 0.0585. The number of carbonyl (C=O) groups is 1. The van der Waals surface area contributed by atoms with Gasteiger partial charge in [-0.1, -0.05) is 18.7 Å². The topological polar surface area (TPSA) is 70.0 Å². The van der Waals surface area contributed by atoms with E-state index in [-0.39, 0.29) is 29.5 Å². The highest BCUT2D eigenvalue weighted by atomic mass is 19.4. The molecule has 2 aromatic rings. The highest BCUT2D eigenvalue weighted by Gasteiger charge is 2.46. The number of ether oxygens (including phenoxy) is 1. The zero-order valence-electron chi connectivity index (χ0n) is 24.9. The molecule has 4 aliphatic heterocycles. The molecule has 2 aromatic heterocycles. The lowest BCUT2D eigenvalue weighted by Crippen LogP contribution is -2.69. The van der Waals surface area contributed by atoms with Gasteiger partial charge in [0.25, 0.3) is 0 Å². The van der Waals surface area contributed by atoms with Gasteiger partial charge in [0.15, 0.2) is 5.69 Å². The molecule has 0 N–H and O–H groups in total. The average Bonchev–Trinajstić information content (AvgIpc) is 3.30. The first-order valence-corrected chi connectivity index (χ1v) is 15.2. The largest absolute Gasteiger partial charge is 0.434 e. The van der Waals surface area contributed by atoms with Gasteiger partial charge in [-0.3, -0.25) is 14.4 Å². The number of aromatic nitrogens is 3. The summed E-state index contributed by atoms with van der Waals surface area (Å²) < 4.78 is 50.6. The summed E-state index contributed by atoms with van der Waals surface area (Å²) in [4.78, 5) is 24.6. The smallest absolute Gasteiger partial charge is 0.383 e. The second-order valence-electron chi connectivity index (χ2n) is 11.9. The van der Waals surface area contributed by atoms with Gasteiger partial charge in [-0.05, 0) is 37.8 Å². The first-order chi connectivity index (χ1) is 20.7. The van der Waals surface area contributed by atoms with Crippen molar-refractivity contribution in [2.75, 3.05) is 69.3 Å². The fourth-order valence-corrected chi connectivity index (χ4v) is 7.24. The van der Waals surface area contributed by atoms with Crippen molar-refractivity contribution in [1.82, 2.24) is 24.6 Å². The molecule has 43 heavy (non-hydrogen) atoms. The number of alkyl halides is 3. The molecular formula is C31H40F3N7O2. The number of anilines is 2. The number of hydrogen-bond donors (Lipinski definition) is 0. The summed E-state index contributed by atoms with van der Waals surface area (Å²) in [5.74, 6) is 0.615. The number of rotatable bonds is 7. The van der Waals surface area contributed by atoms with Gasteiger partial charge in [0.1, 0.15) is 5.82 Å². The van der Waals surface area contributed by atoms with Crippen LogP contribution in [0, 0.1) is 6.92 Å². The lowest BCUT2D eigenvalue weighted by Gasteiger charge is -2.55. The van der Waals surface area contributed by atoms with Crippen molar-refractivity contribution in [2.24, 2.45) is 0 Å². The van der Waals surface area contributed by atoms with Crippen LogP contribution >= 0.6 is 0 Å². The Morgan fingerprint density at radius 1 is 1.14 bits per heavy atom. The second-order valence-corrected chi connectivity index (χ2v) is 11.9. The Kier molecular flexibility index (Phi) is 8.25. The Morgan fingerprint density at radius 2 is 1.88 bits per heavy atom. The molecule has 232 valence electrons. The zero-order valence-corrected chi connectivity index (χ0v) is 24.9. The molecule has 0 aromatic carbocycles. The van der Waals surface area contributed by atoms with Crippen LogP contribution in [0.3, 0.4) is 0 Å². The summed E-state index contributed by atoms with van der Waals surface area (Å²) in [5, 5.41) is 4.53. The van der Waals surface area contributed by atoms with Crippen LogP contribution in [0.15, 0.2) is 31.0 Å². The molecule has 0 spiro atoms. The van der Waals surface area contributed by atoms with Gasteiger partial charge >= 0.3 is 6.18 Å². The fraction of sp³-hybridized carbons (Fsp3) is 0.581. The maximum atomic E-state index is 14.4. The minimum atomic E-state index is -4.56. The molecule has 0 unspecified atom stereocenters.